The minimum Gasteiger partial charge on any atom is -0.404 e. The Morgan fingerprint density at radius 3 is 2.73 bits per heavy atom. The van der Waals surface area contributed by atoms with Gasteiger partial charge in [0.2, 0.25) is 0 Å². The first-order valence-electron chi connectivity index (χ1n) is 11.1. The van der Waals surface area contributed by atoms with Gasteiger partial charge in [-0.15, -0.1) is 0 Å². The summed E-state index contributed by atoms with van der Waals surface area (Å²) < 4.78 is 8.03. The first-order valence-corrected chi connectivity index (χ1v) is 11.1. The third-order valence-corrected chi connectivity index (χ3v) is 5.87. The van der Waals surface area contributed by atoms with E-state index in [0.29, 0.717) is 24.2 Å². The van der Waals surface area contributed by atoms with Crippen LogP contribution in [0.25, 0.3) is 5.52 Å². The van der Waals surface area contributed by atoms with Gasteiger partial charge < -0.3 is 20.7 Å². The van der Waals surface area contributed by atoms with E-state index in [4.69, 9.17) is 10.5 Å². The number of fused-ring (bicyclic) bond motifs is 1. The van der Waals surface area contributed by atoms with Gasteiger partial charge in [-0.2, -0.15) is 5.10 Å². The normalized spacial score (nSPS) is 20.0. The zero-order chi connectivity index (χ0) is 23.5. The molecule has 0 aromatic carbocycles. The van der Waals surface area contributed by atoms with E-state index in [2.05, 4.69) is 44.2 Å². The number of likely N-dealkylation sites (tertiary alicyclic amines) is 1. The molecule has 0 aliphatic carbocycles. The topological polar surface area (TPSA) is 106 Å². The molecule has 0 amide bonds. The van der Waals surface area contributed by atoms with Gasteiger partial charge in [0.1, 0.15) is 11.6 Å². The number of ether oxygens (including phenoxy) is 1. The molecule has 1 aliphatic heterocycles. The molecule has 0 spiro atoms. The van der Waals surface area contributed by atoms with Gasteiger partial charge in [-0.05, 0) is 38.9 Å². The van der Waals surface area contributed by atoms with Crippen molar-refractivity contribution in [3.8, 4) is 0 Å². The molecule has 1 fully saturated rings. The summed E-state index contributed by atoms with van der Waals surface area (Å²) in [6.07, 6.45) is 3.71. The van der Waals surface area contributed by atoms with Crippen LogP contribution in [0.15, 0.2) is 47.2 Å². The van der Waals surface area contributed by atoms with Crippen LogP contribution in [-0.4, -0.2) is 70.1 Å². The zero-order valence-electron chi connectivity index (χ0n) is 19.9. The minimum atomic E-state index is 0.197. The lowest BCUT2D eigenvalue weighted by atomic mass is 10.0. The Bertz CT molecular complexity index is 1180. The molecule has 1 aliphatic rings. The average molecular weight is 449 g/mol. The molecule has 4 heterocycles. The van der Waals surface area contributed by atoms with E-state index in [-0.39, 0.29) is 6.10 Å². The Morgan fingerprint density at radius 2 is 2.06 bits per heavy atom. The van der Waals surface area contributed by atoms with E-state index in [1.165, 1.54) is 0 Å². The van der Waals surface area contributed by atoms with E-state index in [1.807, 2.05) is 48.8 Å². The molecule has 3 N–H and O–H groups in total. The summed E-state index contributed by atoms with van der Waals surface area (Å²) in [4.78, 5) is 15.6. The molecule has 9 nitrogen and oxygen atoms in total. The Kier molecular flexibility index (Phi) is 6.71. The standard InChI is InChI=1S/C24H32N8O/c1-15-12-31(5)13-21(15)33-14-19(11-25)24(26-4)18-6-7-32-20(9-18)10-23(30-32)29-22-8-16(2)27-17(3)28-22/h6-11,15,21H,12-14,25H2,1-5H3,(H,27,28,29,30)/b19-11+,26-24?/t15-,21+/m1/s1. The van der Waals surface area contributed by atoms with Crippen LogP contribution in [0.2, 0.25) is 0 Å². The lowest BCUT2D eigenvalue weighted by molar-refractivity contribution is 0.0565. The van der Waals surface area contributed by atoms with Crippen LogP contribution in [0.3, 0.4) is 0 Å². The smallest absolute Gasteiger partial charge is 0.154 e. The second kappa shape index (κ2) is 9.68. The number of likely N-dealkylation sites (N-methyl/N-ethyl adjacent to an activating group) is 1. The first kappa shape index (κ1) is 22.9. The van der Waals surface area contributed by atoms with Crippen molar-refractivity contribution in [3.05, 3.63) is 59.3 Å². The van der Waals surface area contributed by atoms with Gasteiger partial charge >= 0.3 is 0 Å². The van der Waals surface area contributed by atoms with E-state index >= 15 is 0 Å². The largest absolute Gasteiger partial charge is 0.404 e. The van der Waals surface area contributed by atoms with Crippen LogP contribution in [0.5, 0.6) is 0 Å². The summed E-state index contributed by atoms with van der Waals surface area (Å²) in [6.45, 7) is 8.44. The van der Waals surface area contributed by atoms with Gasteiger partial charge in [-0.25, -0.2) is 14.5 Å². The lowest BCUT2D eigenvalue weighted by Gasteiger charge is -2.18. The van der Waals surface area contributed by atoms with Gasteiger partial charge in [-0.1, -0.05) is 6.92 Å². The van der Waals surface area contributed by atoms with Crippen LogP contribution in [0, 0.1) is 19.8 Å². The number of aromatic nitrogens is 4. The summed E-state index contributed by atoms with van der Waals surface area (Å²) in [6, 6.07) is 7.90. The first-order chi connectivity index (χ1) is 15.9. The fraction of sp³-hybridized carbons (Fsp3) is 0.417. The number of rotatable bonds is 7. The molecule has 0 bridgehead atoms. The SMILES string of the molecule is CN=C(/C(=C/N)CO[C@H]1CN(C)C[C@H]1C)c1ccn2nc(Nc3cc(C)nc(C)n3)cc2c1. The molecule has 33 heavy (non-hydrogen) atoms. The van der Waals surface area contributed by atoms with Crippen molar-refractivity contribution in [2.45, 2.75) is 26.9 Å². The summed E-state index contributed by atoms with van der Waals surface area (Å²) in [5, 5.41) is 7.86. The highest BCUT2D eigenvalue weighted by Gasteiger charge is 2.28. The van der Waals surface area contributed by atoms with Crippen molar-refractivity contribution >= 4 is 22.9 Å². The molecule has 4 rings (SSSR count). The fourth-order valence-electron chi connectivity index (χ4n) is 4.35. The number of hydrogen-bond donors (Lipinski definition) is 2. The number of pyridine rings is 1. The van der Waals surface area contributed by atoms with Crippen LogP contribution < -0.4 is 11.1 Å². The van der Waals surface area contributed by atoms with Gasteiger partial charge in [0.25, 0.3) is 0 Å². The molecule has 3 aromatic heterocycles. The van der Waals surface area contributed by atoms with Crippen LogP contribution in [0.4, 0.5) is 11.6 Å². The molecule has 3 aromatic rings. The fourth-order valence-corrected chi connectivity index (χ4v) is 4.35. The number of aliphatic imine (C=N–C) groups is 1. The van der Waals surface area contributed by atoms with Gasteiger partial charge in [-0.3, -0.25) is 4.99 Å². The van der Waals surface area contributed by atoms with Crippen molar-refractivity contribution < 1.29 is 4.74 Å². The molecule has 1 saturated heterocycles. The van der Waals surface area contributed by atoms with Gasteiger partial charge in [0, 0.05) is 61.5 Å². The molecular formula is C24H32N8O. The number of nitrogens with two attached hydrogens (primary N) is 1. The number of nitrogens with zero attached hydrogens (tertiary/aromatic N) is 6. The van der Waals surface area contributed by atoms with E-state index in [0.717, 1.165) is 47.0 Å². The Balaban J connectivity index is 1.52. The second-order valence-corrected chi connectivity index (χ2v) is 8.69. The molecule has 0 unspecified atom stereocenters. The predicted octanol–water partition coefficient (Wildman–Crippen LogP) is 2.71. The highest BCUT2D eigenvalue weighted by Crippen LogP contribution is 2.21. The van der Waals surface area contributed by atoms with E-state index in [9.17, 15) is 0 Å². The molecule has 0 radical (unpaired) electrons. The lowest BCUT2D eigenvalue weighted by Crippen LogP contribution is -2.24. The highest BCUT2D eigenvalue weighted by atomic mass is 16.5. The molecule has 174 valence electrons. The van der Waals surface area contributed by atoms with Crippen LogP contribution >= 0.6 is 0 Å². The van der Waals surface area contributed by atoms with Crippen molar-refractivity contribution in [2.75, 3.05) is 39.1 Å². The maximum Gasteiger partial charge on any atom is 0.154 e. The van der Waals surface area contributed by atoms with Gasteiger partial charge in [0.05, 0.1) is 23.9 Å². The number of nitrogens with one attached hydrogen (secondary N) is 1. The molecular weight excluding hydrogens is 416 g/mol. The number of hydrogen-bond acceptors (Lipinski definition) is 8. The minimum absolute atomic E-state index is 0.197. The van der Waals surface area contributed by atoms with Crippen molar-refractivity contribution in [1.82, 2.24) is 24.5 Å². The Hall–Kier alpha value is -3.30. The average Bonchev–Trinajstić information content (AvgIpc) is 3.30. The van der Waals surface area contributed by atoms with Gasteiger partial charge in [0.15, 0.2) is 5.82 Å². The maximum absolute atomic E-state index is 6.21. The summed E-state index contributed by atoms with van der Waals surface area (Å²) in [5.41, 5.74) is 10.5. The van der Waals surface area contributed by atoms with Crippen molar-refractivity contribution in [3.63, 3.8) is 0 Å². The predicted molar refractivity (Wildman–Crippen MR) is 131 cm³/mol. The van der Waals surface area contributed by atoms with Crippen LogP contribution in [-0.2, 0) is 4.74 Å². The van der Waals surface area contributed by atoms with E-state index in [1.54, 1.807) is 13.2 Å². The summed E-state index contributed by atoms with van der Waals surface area (Å²) >= 11 is 0. The van der Waals surface area contributed by atoms with Crippen molar-refractivity contribution in [2.24, 2.45) is 16.6 Å². The van der Waals surface area contributed by atoms with E-state index < -0.39 is 0 Å². The third-order valence-electron chi connectivity index (χ3n) is 5.87. The number of anilines is 2. The van der Waals surface area contributed by atoms with Crippen molar-refractivity contribution in [1.29, 1.82) is 0 Å². The zero-order valence-corrected chi connectivity index (χ0v) is 19.9. The quantitative estimate of drug-likeness (QED) is 0.535. The highest BCUT2D eigenvalue weighted by molar-refractivity contribution is 6.13. The monoisotopic (exact) mass is 448 g/mol. The molecule has 9 heteroatoms. The molecule has 0 saturated carbocycles. The van der Waals surface area contributed by atoms with Crippen LogP contribution in [0.1, 0.15) is 24.0 Å². The summed E-state index contributed by atoms with van der Waals surface area (Å²) in [5.74, 6) is 2.63. The molecule has 2 atom stereocenters. The number of aryl methyl sites for hydroxylation is 2. The maximum atomic E-state index is 6.21. The third kappa shape index (κ3) is 5.20. The Morgan fingerprint density at radius 1 is 1.24 bits per heavy atom. The second-order valence-electron chi connectivity index (χ2n) is 8.69. The summed E-state index contributed by atoms with van der Waals surface area (Å²) in [7, 11) is 3.90. The Labute approximate surface area is 194 Å².